The third kappa shape index (κ3) is 2.48. The Labute approximate surface area is 105 Å². The van der Waals surface area contributed by atoms with Crippen LogP contribution in [0.1, 0.15) is 11.3 Å². The van der Waals surface area contributed by atoms with Gasteiger partial charge in [0.15, 0.2) is 0 Å². The highest BCUT2D eigenvalue weighted by molar-refractivity contribution is 7.80. The molecule has 2 aromatic heterocycles. The van der Waals surface area contributed by atoms with E-state index in [2.05, 4.69) is 10.1 Å². The molecule has 0 aromatic carbocycles. The van der Waals surface area contributed by atoms with Crippen molar-refractivity contribution in [3.63, 3.8) is 0 Å². The molecule has 2 N–H and O–H groups in total. The lowest BCUT2D eigenvalue weighted by Crippen LogP contribution is -2.11. The van der Waals surface area contributed by atoms with Crippen LogP contribution in [-0.4, -0.2) is 19.8 Å². The molecule has 0 unspecified atom stereocenters. The highest BCUT2D eigenvalue weighted by Gasteiger charge is 2.32. The molecule has 2 heterocycles. The lowest BCUT2D eigenvalue weighted by atomic mass is 10.3. The molecule has 0 bridgehead atoms. The van der Waals surface area contributed by atoms with Crippen molar-refractivity contribution in [2.45, 2.75) is 6.18 Å². The third-order valence-corrected chi connectivity index (χ3v) is 2.38. The Morgan fingerprint density at radius 3 is 2.44 bits per heavy atom. The number of rotatable bonds is 2. The van der Waals surface area contributed by atoms with Gasteiger partial charge in [-0.3, -0.25) is 4.98 Å². The molecule has 0 radical (unpaired) electrons. The first-order valence-electron chi connectivity index (χ1n) is 4.76. The van der Waals surface area contributed by atoms with E-state index in [1.54, 1.807) is 0 Å². The highest BCUT2D eigenvalue weighted by Crippen LogP contribution is 2.28. The Balaban J connectivity index is 2.32. The Morgan fingerprint density at radius 2 is 2.00 bits per heavy atom. The minimum absolute atomic E-state index is 0.123. The van der Waals surface area contributed by atoms with Gasteiger partial charge in [0.1, 0.15) is 4.99 Å². The second-order valence-corrected chi connectivity index (χ2v) is 3.88. The van der Waals surface area contributed by atoms with Crippen LogP contribution in [0.25, 0.3) is 5.69 Å². The molecule has 0 saturated heterocycles. The minimum Gasteiger partial charge on any atom is -0.388 e. The number of aromatic nitrogens is 3. The van der Waals surface area contributed by atoms with E-state index in [4.69, 9.17) is 18.0 Å². The molecule has 0 fully saturated rings. The largest absolute Gasteiger partial charge is 0.419 e. The van der Waals surface area contributed by atoms with Crippen LogP contribution in [0.4, 0.5) is 13.2 Å². The number of hydrogen-bond donors (Lipinski definition) is 1. The van der Waals surface area contributed by atoms with Crippen LogP contribution in [0.15, 0.2) is 30.7 Å². The lowest BCUT2D eigenvalue weighted by molar-refractivity contribution is -0.137. The van der Waals surface area contributed by atoms with Gasteiger partial charge in [-0.25, -0.2) is 4.68 Å². The molecule has 8 heteroatoms. The maximum atomic E-state index is 12.4. The van der Waals surface area contributed by atoms with E-state index in [9.17, 15) is 13.2 Å². The number of nitrogens with zero attached hydrogens (tertiary/aromatic N) is 3. The van der Waals surface area contributed by atoms with Crippen molar-refractivity contribution >= 4 is 17.2 Å². The highest BCUT2D eigenvalue weighted by atomic mass is 32.1. The summed E-state index contributed by atoms with van der Waals surface area (Å²) < 4.78 is 38.2. The quantitative estimate of drug-likeness (QED) is 0.849. The van der Waals surface area contributed by atoms with Crippen LogP contribution in [0, 0.1) is 0 Å². The number of nitrogens with two attached hydrogens (primary N) is 1. The molecule has 0 aliphatic rings. The van der Waals surface area contributed by atoms with Gasteiger partial charge in [0.2, 0.25) is 0 Å². The molecular weight excluding hydrogens is 265 g/mol. The Hall–Kier alpha value is -1.96. The van der Waals surface area contributed by atoms with Crippen LogP contribution in [-0.2, 0) is 6.18 Å². The van der Waals surface area contributed by atoms with Crippen molar-refractivity contribution in [2.75, 3.05) is 0 Å². The molecule has 18 heavy (non-hydrogen) atoms. The molecule has 2 aromatic rings. The van der Waals surface area contributed by atoms with E-state index in [-0.39, 0.29) is 4.99 Å². The van der Waals surface area contributed by atoms with Crippen molar-refractivity contribution in [1.29, 1.82) is 0 Å². The molecule has 0 saturated carbocycles. The van der Waals surface area contributed by atoms with Crippen LogP contribution in [0.5, 0.6) is 0 Å². The van der Waals surface area contributed by atoms with Crippen LogP contribution in [0.3, 0.4) is 0 Å². The monoisotopic (exact) mass is 272 g/mol. The van der Waals surface area contributed by atoms with Crippen molar-refractivity contribution in [1.82, 2.24) is 14.8 Å². The summed E-state index contributed by atoms with van der Waals surface area (Å²) in [7, 11) is 0. The second kappa shape index (κ2) is 4.37. The fourth-order valence-corrected chi connectivity index (χ4v) is 1.40. The zero-order valence-corrected chi connectivity index (χ0v) is 9.66. The van der Waals surface area contributed by atoms with Gasteiger partial charge in [-0.2, -0.15) is 18.3 Å². The maximum absolute atomic E-state index is 12.4. The van der Waals surface area contributed by atoms with E-state index < -0.39 is 11.7 Å². The van der Waals surface area contributed by atoms with E-state index >= 15 is 0 Å². The first-order chi connectivity index (χ1) is 8.38. The Morgan fingerprint density at radius 1 is 1.28 bits per heavy atom. The lowest BCUT2D eigenvalue weighted by Gasteiger charge is -2.03. The maximum Gasteiger partial charge on any atom is 0.419 e. The molecule has 0 amide bonds. The average Bonchev–Trinajstić information content (AvgIpc) is 2.78. The molecule has 0 spiro atoms. The molecular formula is C10H7F3N4S. The summed E-state index contributed by atoms with van der Waals surface area (Å²) >= 11 is 4.72. The normalized spacial score (nSPS) is 11.5. The molecule has 0 atom stereocenters. The summed E-state index contributed by atoms with van der Waals surface area (Å²) in [5, 5.41) is 3.62. The van der Waals surface area contributed by atoms with Crippen molar-refractivity contribution < 1.29 is 13.2 Å². The van der Waals surface area contributed by atoms with Gasteiger partial charge < -0.3 is 5.73 Å². The van der Waals surface area contributed by atoms with Gasteiger partial charge in [0.25, 0.3) is 0 Å². The van der Waals surface area contributed by atoms with Crippen molar-refractivity contribution in [3.8, 4) is 5.69 Å². The summed E-state index contributed by atoms with van der Waals surface area (Å²) in [6, 6.07) is 3.06. The number of pyridine rings is 1. The predicted octanol–water partition coefficient (Wildman–Crippen LogP) is 1.92. The van der Waals surface area contributed by atoms with Crippen LogP contribution >= 0.6 is 12.2 Å². The average molecular weight is 272 g/mol. The second-order valence-electron chi connectivity index (χ2n) is 3.44. The zero-order valence-electron chi connectivity index (χ0n) is 8.85. The predicted molar refractivity (Wildman–Crippen MR) is 62.2 cm³/mol. The third-order valence-electron chi connectivity index (χ3n) is 2.17. The van der Waals surface area contributed by atoms with Gasteiger partial charge in [-0.1, -0.05) is 12.2 Å². The molecule has 94 valence electrons. The fourth-order valence-electron chi connectivity index (χ4n) is 1.28. The number of halogens is 3. The van der Waals surface area contributed by atoms with Gasteiger partial charge in [-0.15, -0.1) is 0 Å². The topological polar surface area (TPSA) is 56.7 Å². The number of hydrogen-bond acceptors (Lipinski definition) is 3. The number of thiocarbonyl (C=S) groups is 1. The van der Waals surface area contributed by atoms with Crippen molar-refractivity contribution in [3.05, 3.63) is 42.0 Å². The van der Waals surface area contributed by atoms with Gasteiger partial charge in [0, 0.05) is 6.20 Å². The molecule has 2 rings (SSSR count). The number of alkyl halides is 3. The Kier molecular flexibility index (Phi) is 3.04. The Bertz CT molecular complexity index is 574. The summed E-state index contributed by atoms with van der Waals surface area (Å²) in [4.78, 5) is 4.04. The van der Waals surface area contributed by atoms with Crippen LogP contribution in [0.2, 0.25) is 0 Å². The van der Waals surface area contributed by atoms with E-state index in [0.29, 0.717) is 11.4 Å². The van der Waals surface area contributed by atoms with Gasteiger partial charge in [-0.05, 0) is 12.1 Å². The first kappa shape index (κ1) is 12.5. The molecule has 0 aliphatic heterocycles. The summed E-state index contributed by atoms with van der Waals surface area (Å²) in [5.41, 5.74) is 5.34. The summed E-state index contributed by atoms with van der Waals surface area (Å²) in [5.74, 6) is 0. The van der Waals surface area contributed by atoms with E-state index in [0.717, 1.165) is 17.1 Å². The summed E-state index contributed by atoms with van der Waals surface area (Å²) in [6.07, 6.45) is -1.43. The standard InChI is InChI=1S/C10H7F3N4S/c11-10(12,13)6-3-16-17(5-6)7-1-2-8(9(14)18)15-4-7/h1-5H,(H2,14,18). The van der Waals surface area contributed by atoms with E-state index in [1.165, 1.54) is 18.3 Å². The minimum atomic E-state index is -4.41. The fraction of sp³-hybridized carbons (Fsp3) is 0.100. The molecule has 4 nitrogen and oxygen atoms in total. The smallest absolute Gasteiger partial charge is 0.388 e. The van der Waals surface area contributed by atoms with Gasteiger partial charge >= 0.3 is 6.18 Å². The van der Waals surface area contributed by atoms with Crippen molar-refractivity contribution in [2.24, 2.45) is 5.73 Å². The first-order valence-corrected chi connectivity index (χ1v) is 5.17. The van der Waals surface area contributed by atoms with E-state index in [1.807, 2.05) is 0 Å². The van der Waals surface area contributed by atoms with Gasteiger partial charge in [0.05, 0.1) is 29.3 Å². The van der Waals surface area contributed by atoms with Crippen LogP contribution < -0.4 is 5.73 Å². The molecule has 0 aliphatic carbocycles. The zero-order chi connectivity index (χ0) is 13.3. The SMILES string of the molecule is NC(=S)c1ccc(-n2cc(C(F)(F)F)cn2)cn1. The summed E-state index contributed by atoms with van der Waals surface area (Å²) in [6.45, 7) is 0.